The van der Waals surface area contributed by atoms with E-state index in [-0.39, 0.29) is 0 Å². The van der Waals surface area contributed by atoms with Crippen LogP contribution in [0.25, 0.3) is 28.2 Å². The fraction of sp³-hybridized carbons (Fsp3) is 0.286. The molecule has 0 aliphatic carbocycles. The van der Waals surface area contributed by atoms with Gasteiger partial charge in [-0.15, -0.1) is 0 Å². The van der Waals surface area contributed by atoms with Crippen LogP contribution in [0.15, 0.2) is 12.1 Å². The van der Waals surface area contributed by atoms with Crippen LogP contribution in [0.2, 0.25) is 14.8 Å². The van der Waals surface area contributed by atoms with Gasteiger partial charge in [0, 0.05) is 0 Å². The monoisotopic (exact) mass is 430 g/mol. The van der Waals surface area contributed by atoms with E-state index in [4.69, 9.17) is 0 Å². The van der Waals surface area contributed by atoms with Crippen LogP contribution in [0.1, 0.15) is 4.88 Å². The van der Waals surface area contributed by atoms with Gasteiger partial charge in [0.1, 0.15) is 0 Å². The van der Waals surface area contributed by atoms with Gasteiger partial charge >= 0.3 is 134 Å². The van der Waals surface area contributed by atoms with Gasteiger partial charge in [-0.1, -0.05) is 0 Å². The molecule has 0 radical (unpaired) electrons. The van der Waals surface area contributed by atoms with Crippen molar-refractivity contribution in [2.24, 2.45) is 0 Å². The molecule has 0 spiro atoms. The summed E-state index contributed by atoms with van der Waals surface area (Å²) in [7, 11) is 0. The Labute approximate surface area is 132 Å². The summed E-state index contributed by atoms with van der Waals surface area (Å²) in [4.78, 5) is 8.97. The molecular weight excluding hydrogens is 415 g/mol. The molecule has 0 fully saturated rings. The van der Waals surface area contributed by atoms with Crippen LogP contribution in [-0.2, 0) is 0 Å². The Morgan fingerprint density at radius 3 is 1.95 bits per heavy atom. The minimum atomic E-state index is -1.90. The molecule has 0 aliphatic heterocycles. The van der Waals surface area contributed by atoms with Crippen LogP contribution < -0.4 is 2.89 Å². The summed E-state index contributed by atoms with van der Waals surface area (Å²) < 4.78 is 10.9. The second kappa shape index (κ2) is 4.19. The van der Waals surface area contributed by atoms with Gasteiger partial charge in [-0.05, 0) is 0 Å². The molecule has 0 saturated carbocycles. The summed E-state index contributed by atoms with van der Waals surface area (Å²) in [5.74, 6) is 0. The average molecular weight is 429 g/mol. The van der Waals surface area contributed by atoms with Crippen molar-refractivity contribution in [1.29, 1.82) is 0 Å². The maximum atomic E-state index is 2.51. The van der Waals surface area contributed by atoms with Crippen molar-refractivity contribution in [2.75, 3.05) is 0 Å². The first-order valence-electron chi connectivity index (χ1n) is 6.29. The SMILES string of the molecule is Cc1cc2sc3c4s[c]([Sn]([CH3])([CH3])[CH3])cc4sc3c2s1. The molecule has 0 saturated heterocycles. The van der Waals surface area contributed by atoms with Gasteiger partial charge in [0.2, 0.25) is 0 Å². The molecule has 4 aromatic rings. The molecule has 0 nitrogen and oxygen atoms in total. The van der Waals surface area contributed by atoms with Crippen LogP contribution in [0.5, 0.6) is 0 Å². The summed E-state index contributed by atoms with van der Waals surface area (Å²) in [6, 6.07) is 4.85. The van der Waals surface area contributed by atoms with E-state index in [1.165, 1.54) is 23.7 Å². The summed E-state index contributed by atoms with van der Waals surface area (Å²) in [5.41, 5.74) is 0. The number of thiophene rings is 4. The molecule has 0 amide bonds. The van der Waals surface area contributed by atoms with E-state index in [0.717, 1.165) is 0 Å². The molecule has 4 rings (SSSR count). The van der Waals surface area contributed by atoms with Crippen molar-refractivity contribution >= 4 is 94.8 Å². The van der Waals surface area contributed by atoms with Crippen molar-refractivity contribution < 1.29 is 0 Å². The zero-order chi connectivity index (χ0) is 13.4. The third-order valence-electron chi connectivity index (χ3n) is 3.30. The van der Waals surface area contributed by atoms with Crippen LogP contribution >= 0.6 is 45.3 Å². The first kappa shape index (κ1) is 13.1. The molecule has 0 aliphatic rings. The first-order chi connectivity index (χ1) is 8.93. The average Bonchev–Trinajstić information content (AvgIpc) is 2.94. The van der Waals surface area contributed by atoms with E-state index < -0.39 is 18.4 Å². The Hall–Kier alpha value is 0.379. The van der Waals surface area contributed by atoms with Crippen LogP contribution in [0.4, 0.5) is 0 Å². The molecule has 0 N–H and O–H groups in total. The third-order valence-corrected chi connectivity index (χ3v) is 17.9. The number of rotatable bonds is 1. The summed E-state index contributed by atoms with van der Waals surface area (Å²) in [6.07, 6.45) is 0. The van der Waals surface area contributed by atoms with Crippen molar-refractivity contribution in [3.05, 3.63) is 17.0 Å². The van der Waals surface area contributed by atoms with Crippen molar-refractivity contribution in [2.45, 2.75) is 21.7 Å². The van der Waals surface area contributed by atoms with Crippen LogP contribution in [0, 0.1) is 6.92 Å². The molecule has 4 aromatic heterocycles. The van der Waals surface area contributed by atoms with Gasteiger partial charge in [-0.2, -0.15) is 0 Å². The zero-order valence-electron chi connectivity index (χ0n) is 11.3. The number of hydrogen-bond donors (Lipinski definition) is 0. The standard InChI is InChI=1S/C11H5S4.3CH3.Sn/c1-5-4-7-9(13-5)11-10(15-7)8-6(14-11)2-3-12-8;;;;/h2,4H,1H3;3*1H3;. The molecule has 0 unspecified atom stereocenters. The first-order valence-corrected chi connectivity index (χ1v) is 19.5. The number of aryl methyl sites for hydroxylation is 1. The Morgan fingerprint density at radius 1 is 0.737 bits per heavy atom. The predicted molar refractivity (Wildman–Crippen MR) is 98.2 cm³/mol. The summed E-state index contributed by atoms with van der Waals surface area (Å²) >= 11 is 6.15. The predicted octanol–water partition coefficient (Wildman–Crippen LogP) is 6.25. The summed E-state index contributed by atoms with van der Waals surface area (Å²) in [6.45, 7) is 2.21. The van der Waals surface area contributed by atoms with E-state index in [1.807, 2.05) is 34.0 Å². The maximum absolute atomic E-state index is 2.51. The minimum absolute atomic E-state index is 1.44. The molecule has 98 valence electrons. The molecular formula is C14H14S4Sn. The topological polar surface area (TPSA) is 0 Å². The van der Waals surface area contributed by atoms with Crippen molar-refractivity contribution in [1.82, 2.24) is 0 Å². The van der Waals surface area contributed by atoms with Gasteiger partial charge in [-0.25, -0.2) is 0 Å². The molecule has 19 heavy (non-hydrogen) atoms. The van der Waals surface area contributed by atoms with E-state index in [0.29, 0.717) is 0 Å². The second-order valence-electron chi connectivity index (χ2n) is 5.97. The van der Waals surface area contributed by atoms with Crippen molar-refractivity contribution in [3.8, 4) is 0 Å². The van der Waals surface area contributed by atoms with Gasteiger partial charge < -0.3 is 0 Å². The Balaban J connectivity index is 2.08. The third kappa shape index (κ3) is 1.94. The van der Waals surface area contributed by atoms with Gasteiger partial charge in [-0.3, -0.25) is 0 Å². The van der Waals surface area contributed by atoms with E-state index in [2.05, 4.69) is 45.2 Å². The molecule has 0 aromatic carbocycles. The molecule has 0 atom stereocenters. The van der Waals surface area contributed by atoms with Gasteiger partial charge in [0.15, 0.2) is 0 Å². The van der Waals surface area contributed by atoms with E-state index in [9.17, 15) is 0 Å². The fourth-order valence-electron chi connectivity index (χ4n) is 2.31. The van der Waals surface area contributed by atoms with Crippen LogP contribution in [-0.4, -0.2) is 18.4 Å². The normalized spacial score (nSPS) is 13.3. The molecule has 4 heterocycles. The second-order valence-corrected chi connectivity index (χ2v) is 25.8. The van der Waals surface area contributed by atoms with Gasteiger partial charge in [0.25, 0.3) is 0 Å². The quantitative estimate of drug-likeness (QED) is 0.314. The Morgan fingerprint density at radius 2 is 1.32 bits per heavy atom. The van der Waals surface area contributed by atoms with E-state index in [1.54, 1.807) is 12.3 Å². The number of hydrogen-bond acceptors (Lipinski definition) is 4. The zero-order valence-corrected chi connectivity index (χ0v) is 17.4. The van der Waals surface area contributed by atoms with Crippen LogP contribution in [0.3, 0.4) is 0 Å². The summed E-state index contributed by atoms with van der Waals surface area (Å²) in [5, 5.41) is 0. The van der Waals surface area contributed by atoms with E-state index >= 15 is 0 Å². The number of fused-ring (bicyclic) bond motifs is 5. The Kier molecular flexibility index (Phi) is 2.89. The van der Waals surface area contributed by atoms with Gasteiger partial charge in [0.05, 0.1) is 0 Å². The van der Waals surface area contributed by atoms with Crippen molar-refractivity contribution in [3.63, 3.8) is 0 Å². The Bertz CT molecular complexity index is 910. The molecule has 5 heteroatoms. The molecule has 0 bridgehead atoms. The fourth-order valence-corrected chi connectivity index (χ4v) is 13.4.